The van der Waals surface area contributed by atoms with Crippen LogP contribution in [0, 0.1) is 5.92 Å². The summed E-state index contributed by atoms with van der Waals surface area (Å²) in [6, 6.07) is 6.48. The number of benzene rings is 1. The Kier molecular flexibility index (Phi) is 4.70. The van der Waals surface area contributed by atoms with Gasteiger partial charge in [-0.15, -0.1) is 0 Å². The summed E-state index contributed by atoms with van der Waals surface area (Å²) in [6.07, 6.45) is 3.00. The fourth-order valence-corrected chi connectivity index (χ4v) is 4.22. The molecule has 126 valence electrons. The van der Waals surface area contributed by atoms with Gasteiger partial charge in [-0.2, -0.15) is 4.31 Å². The molecule has 1 aliphatic heterocycles. The van der Waals surface area contributed by atoms with E-state index in [9.17, 15) is 13.2 Å². The summed E-state index contributed by atoms with van der Waals surface area (Å²) < 4.78 is 26.7. The topological polar surface area (TPSA) is 69.7 Å². The van der Waals surface area contributed by atoms with Crippen molar-refractivity contribution in [2.75, 3.05) is 38.5 Å². The van der Waals surface area contributed by atoms with Gasteiger partial charge in [0, 0.05) is 37.8 Å². The molecular formula is C16H23N3O3S. The number of sulfonamides is 1. The van der Waals surface area contributed by atoms with Gasteiger partial charge in [0.2, 0.25) is 15.9 Å². The standard InChI is InChI=1S/C16H23N3O3S/c1-18-9-11-19(12-10-18)23(21,22)15-7-5-14(6-8-15)17-16(20)13-3-2-4-13/h5-8,13H,2-4,9-12H2,1H3,(H,17,20). The third kappa shape index (κ3) is 3.57. The molecule has 0 spiro atoms. The van der Waals surface area contributed by atoms with E-state index >= 15 is 0 Å². The molecule has 7 heteroatoms. The molecular weight excluding hydrogens is 314 g/mol. The smallest absolute Gasteiger partial charge is 0.243 e. The molecule has 1 amide bonds. The summed E-state index contributed by atoms with van der Waals surface area (Å²) >= 11 is 0. The molecule has 0 bridgehead atoms. The van der Waals surface area contributed by atoms with Gasteiger partial charge >= 0.3 is 0 Å². The molecule has 1 aromatic carbocycles. The van der Waals surface area contributed by atoms with E-state index in [0.717, 1.165) is 32.4 Å². The van der Waals surface area contributed by atoms with Crippen LogP contribution in [0.5, 0.6) is 0 Å². The van der Waals surface area contributed by atoms with Crippen LogP contribution in [0.3, 0.4) is 0 Å². The van der Waals surface area contributed by atoms with E-state index < -0.39 is 10.0 Å². The van der Waals surface area contributed by atoms with Gasteiger partial charge < -0.3 is 10.2 Å². The predicted octanol–water partition coefficient (Wildman–Crippen LogP) is 1.36. The molecule has 2 fully saturated rings. The number of carbonyl (C=O) groups is 1. The maximum atomic E-state index is 12.6. The number of hydrogen-bond acceptors (Lipinski definition) is 4. The Morgan fingerprint density at radius 3 is 2.22 bits per heavy atom. The highest BCUT2D eigenvalue weighted by Gasteiger charge is 2.28. The van der Waals surface area contributed by atoms with Gasteiger partial charge in [-0.3, -0.25) is 4.79 Å². The van der Waals surface area contributed by atoms with Crippen molar-refractivity contribution in [3.8, 4) is 0 Å². The lowest BCUT2D eigenvalue weighted by Gasteiger charge is -2.31. The molecule has 1 aliphatic carbocycles. The molecule has 6 nitrogen and oxygen atoms in total. The number of carbonyl (C=O) groups excluding carboxylic acids is 1. The number of likely N-dealkylation sites (N-methyl/N-ethyl adjacent to an activating group) is 1. The van der Waals surface area contributed by atoms with Crippen LogP contribution in [0.25, 0.3) is 0 Å². The van der Waals surface area contributed by atoms with E-state index in [1.54, 1.807) is 24.3 Å². The zero-order chi connectivity index (χ0) is 16.4. The van der Waals surface area contributed by atoms with Crippen LogP contribution in [0.1, 0.15) is 19.3 Å². The Labute approximate surface area is 137 Å². The van der Waals surface area contributed by atoms with E-state index in [2.05, 4.69) is 10.2 Å². The second-order valence-corrected chi connectivity index (χ2v) is 8.29. The number of anilines is 1. The number of amides is 1. The molecule has 0 atom stereocenters. The number of piperazine rings is 1. The summed E-state index contributed by atoms with van der Waals surface area (Å²) in [4.78, 5) is 14.3. The highest BCUT2D eigenvalue weighted by Crippen LogP contribution is 2.28. The third-order valence-corrected chi connectivity index (χ3v) is 6.61. The van der Waals surface area contributed by atoms with E-state index in [4.69, 9.17) is 0 Å². The summed E-state index contributed by atoms with van der Waals surface area (Å²) in [5, 5.41) is 2.85. The first-order valence-corrected chi connectivity index (χ1v) is 9.50. The molecule has 0 radical (unpaired) electrons. The Hall–Kier alpha value is -1.44. The van der Waals surface area contributed by atoms with Crippen LogP contribution in [0.4, 0.5) is 5.69 Å². The monoisotopic (exact) mass is 337 g/mol. The Bertz CT molecular complexity index is 660. The second-order valence-electron chi connectivity index (χ2n) is 6.35. The van der Waals surface area contributed by atoms with Crippen molar-refractivity contribution in [2.45, 2.75) is 24.2 Å². The predicted molar refractivity (Wildman–Crippen MR) is 88.7 cm³/mol. The fraction of sp³-hybridized carbons (Fsp3) is 0.562. The quantitative estimate of drug-likeness (QED) is 0.901. The number of rotatable bonds is 4. The van der Waals surface area contributed by atoms with Crippen molar-refractivity contribution in [3.63, 3.8) is 0 Å². The zero-order valence-electron chi connectivity index (χ0n) is 13.4. The lowest BCUT2D eigenvalue weighted by molar-refractivity contribution is -0.122. The second kappa shape index (κ2) is 6.59. The summed E-state index contributed by atoms with van der Waals surface area (Å²) in [5.41, 5.74) is 0.652. The highest BCUT2D eigenvalue weighted by atomic mass is 32.2. The summed E-state index contributed by atoms with van der Waals surface area (Å²) in [7, 11) is -1.46. The molecule has 1 saturated carbocycles. The van der Waals surface area contributed by atoms with Gasteiger partial charge in [0.05, 0.1) is 4.90 Å². The van der Waals surface area contributed by atoms with Crippen molar-refractivity contribution in [2.24, 2.45) is 5.92 Å². The first-order chi connectivity index (χ1) is 11.0. The van der Waals surface area contributed by atoms with Crippen molar-refractivity contribution in [1.29, 1.82) is 0 Å². The van der Waals surface area contributed by atoms with Gasteiger partial charge in [0.25, 0.3) is 0 Å². The minimum atomic E-state index is -3.45. The van der Waals surface area contributed by atoms with E-state index in [-0.39, 0.29) is 16.7 Å². The Morgan fingerprint density at radius 2 is 1.70 bits per heavy atom. The first-order valence-electron chi connectivity index (χ1n) is 8.06. The minimum Gasteiger partial charge on any atom is -0.326 e. The van der Waals surface area contributed by atoms with Crippen LogP contribution in [0.15, 0.2) is 29.2 Å². The van der Waals surface area contributed by atoms with Gasteiger partial charge in [-0.1, -0.05) is 6.42 Å². The molecule has 0 unspecified atom stereocenters. The third-order valence-electron chi connectivity index (χ3n) is 4.70. The lowest BCUT2D eigenvalue weighted by atomic mass is 9.85. The SMILES string of the molecule is CN1CCN(S(=O)(=O)c2ccc(NC(=O)C3CCC3)cc2)CC1. The number of nitrogens with zero attached hydrogens (tertiary/aromatic N) is 2. The zero-order valence-corrected chi connectivity index (χ0v) is 14.2. The molecule has 1 saturated heterocycles. The fourth-order valence-electron chi connectivity index (χ4n) is 2.80. The van der Waals surface area contributed by atoms with Gasteiger partial charge in [-0.05, 0) is 44.2 Å². The average Bonchev–Trinajstić information content (AvgIpc) is 2.46. The van der Waals surface area contributed by atoms with Gasteiger partial charge in [0.1, 0.15) is 0 Å². The molecule has 23 heavy (non-hydrogen) atoms. The molecule has 3 rings (SSSR count). The van der Waals surface area contributed by atoms with Crippen LogP contribution in [-0.4, -0.2) is 56.8 Å². The largest absolute Gasteiger partial charge is 0.326 e. The maximum absolute atomic E-state index is 12.6. The molecule has 0 aromatic heterocycles. The molecule has 2 aliphatic rings. The van der Waals surface area contributed by atoms with E-state index in [1.165, 1.54) is 4.31 Å². The molecule has 1 heterocycles. The normalized spacial score (nSPS) is 20.9. The average molecular weight is 337 g/mol. The number of nitrogens with one attached hydrogen (secondary N) is 1. The minimum absolute atomic E-state index is 0.0333. The highest BCUT2D eigenvalue weighted by molar-refractivity contribution is 7.89. The maximum Gasteiger partial charge on any atom is 0.243 e. The Balaban J connectivity index is 1.67. The van der Waals surface area contributed by atoms with Crippen LogP contribution in [0.2, 0.25) is 0 Å². The number of hydrogen-bond donors (Lipinski definition) is 1. The first kappa shape index (κ1) is 16.4. The van der Waals surface area contributed by atoms with Gasteiger partial charge in [-0.25, -0.2) is 8.42 Å². The van der Waals surface area contributed by atoms with Crippen molar-refractivity contribution >= 4 is 21.6 Å². The lowest BCUT2D eigenvalue weighted by Crippen LogP contribution is -2.46. The van der Waals surface area contributed by atoms with Crippen LogP contribution >= 0.6 is 0 Å². The Morgan fingerprint density at radius 1 is 1.09 bits per heavy atom. The van der Waals surface area contributed by atoms with Crippen molar-refractivity contribution in [3.05, 3.63) is 24.3 Å². The van der Waals surface area contributed by atoms with E-state index in [1.807, 2.05) is 7.05 Å². The van der Waals surface area contributed by atoms with Crippen molar-refractivity contribution < 1.29 is 13.2 Å². The molecule has 1 aromatic rings. The van der Waals surface area contributed by atoms with Crippen molar-refractivity contribution in [1.82, 2.24) is 9.21 Å². The van der Waals surface area contributed by atoms with Crippen LogP contribution < -0.4 is 5.32 Å². The van der Waals surface area contributed by atoms with E-state index in [0.29, 0.717) is 18.8 Å². The van der Waals surface area contributed by atoms with Gasteiger partial charge in [0.15, 0.2) is 0 Å². The molecule has 1 N–H and O–H groups in total. The van der Waals surface area contributed by atoms with Crippen LogP contribution in [-0.2, 0) is 14.8 Å². The summed E-state index contributed by atoms with van der Waals surface area (Å²) in [5.74, 6) is 0.148. The summed E-state index contributed by atoms with van der Waals surface area (Å²) in [6.45, 7) is 2.52.